The number of benzene rings is 1. The Labute approximate surface area is 129 Å². The first-order chi connectivity index (χ1) is 10.5. The predicted octanol–water partition coefficient (Wildman–Crippen LogP) is 2.76. The minimum Gasteiger partial charge on any atom is -0.504 e. The van der Waals surface area contributed by atoms with E-state index in [1.807, 2.05) is 19.0 Å². The topological polar surface area (TPSA) is 62.7 Å². The van der Waals surface area contributed by atoms with Crippen molar-refractivity contribution in [2.24, 2.45) is 0 Å². The number of allylic oxidation sites excluding steroid dienone is 1. The zero-order chi connectivity index (χ0) is 16.1. The molecule has 0 aliphatic rings. The lowest BCUT2D eigenvalue weighted by Gasteiger charge is -2.10. The van der Waals surface area contributed by atoms with Crippen molar-refractivity contribution in [1.29, 1.82) is 0 Å². The van der Waals surface area contributed by atoms with Gasteiger partial charge in [-0.15, -0.1) is 0 Å². The molecule has 0 atom stereocenters. The van der Waals surface area contributed by atoms with Crippen molar-refractivity contribution in [1.82, 2.24) is 4.98 Å². The van der Waals surface area contributed by atoms with Crippen LogP contribution in [-0.2, 0) is 0 Å². The Morgan fingerprint density at radius 3 is 2.64 bits per heavy atom. The van der Waals surface area contributed by atoms with Crippen LogP contribution in [0.15, 0.2) is 42.6 Å². The SMILES string of the molecule is COc1cc(/C=C/C(=O)c2ccc(N(C)C)nc2)ccc1O. The van der Waals surface area contributed by atoms with Crippen molar-refractivity contribution < 1.29 is 14.6 Å². The smallest absolute Gasteiger partial charge is 0.187 e. The quantitative estimate of drug-likeness (QED) is 0.679. The minimum absolute atomic E-state index is 0.0643. The number of rotatable bonds is 5. The number of methoxy groups -OCH3 is 1. The van der Waals surface area contributed by atoms with Crippen LogP contribution < -0.4 is 9.64 Å². The highest BCUT2D eigenvalue weighted by molar-refractivity contribution is 6.06. The number of ketones is 1. The van der Waals surface area contributed by atoms with E-state index >= 15 is 0 Å². The van der Waals surface area contributed by atoms with Crippen LogP contribution in [0.3, 0.4) is 0 Å². The first kappa shape index (κ1) is 15.6. The summed E-state index contributed by atoms with van der Waals surface area (Å²) in [5, 5.41) is 9.53. The van der Waals surface area contributed by atoms with Gasteiger partial charge in [0.1, 0.15) is 5.82 Å². The lowest BCUT2D eigenvalue weighted by atomic mass is 10.1. The highest BCUT2D eigenvalue weighted by atomic mass is 16.5. The summed E-state index contributed by atoms with van der Waals surface area (Å²) in [5.74, 6) is 1.09. The molecule has 0 aliphatic carbocycles. The lowest BCUT2D eigenvalue weighted by Crippen LogP contribution is -2.10. The van der Waals surface area contributed by atoms with Crippen LogP contribution >= 0.6 is 0 Å². The molecule has 114 valence electrons. The summed E-state index contributed by atoms with van der Waals surface area (Å²) >= 11 is 0. The summed E-state index contributed by atoms with van der Waals surface area (Å²) in [5.41, 5.74) is 1.29. The Balaban J connectivity index is 2.14. The number of anilines is 1. The van der Waals surface area contributed by atoms with Crippen molar-refractivity contribution in [2.45, 2.75) is 0 Å². The highest BCUT2D eigenvalue weighted by Crippen LogP contribution is 2.26. The average Bonchev–Trinajstić information content (AvgIpc) is 2.53. The molecule has 5 nitrogen and oxygen atoms in total. The molecule has 1 aromatic heterocycles. The van der Waals surface area contributed by atoms with E-state index in [0.29, 0.717) is 11.3 Å². The molecule has 0 unspecified atom stereocenters. The molecule has 1 heterocycles. The highest BCUT2D eigenvalue weighted by Gasteiger charge is 2.05. The van der Waals surface area contributed by atoms with Gasteiger partial charge in [-0.1, -0.05) is 12.1 Å². The number of aromatic hydroxyl groups is 1. The number of hydrogen-bond acceptors (Lipinski definition) is 5. The van der Waals surface area contributed by atoms with Gasteiger partial charge in [-0.05, 0) is 35.9 Å². The van der Waals surface area contributed by atoms with E-state index in [-0.39, 0.29) is 11.5 Å². The fraction of sp³-hybridized carbons (Fsp3) is 0.176. The molecule has 0 spiro atoms. The van der Waals surface area contributed by atoms with Crippen LogP contribution in [0.5, 0.6) is 11.5 Å². The molecular weight excluding hydrogens is 280 g/mol. The van der Waals surface area contributed by atoms with Gasteiger partial charge in [0.25, 0.3) is 0 Å². The molecule has 1 aromatic carbocycles. The first-order valence-corrected chi connectivity index (χ1v) is 6.74. The van der Waals surface area contributed by atoms with Crippen LogP contribution in [0, 0.1) is 0 Å². The van der Waals surface area contributed by atoms with Crippen molar-refractivity contribution in [3.05, 3.63) is 53.7 Å². The van der Waals surface area contributed by atoms with Crippen molar-refractivity contribution >= 4 is 17.7 Å². The van der Waals surface area contributed by atoms with Crippen LogP contribution in [0.25, 0.3) is 6.08 Å². The lowest BCUT2D eigenvalue weighted by molar-refractivity contribution is 0.104. The number of carbonyl (C=O) groups excluding carboxylic acids is 1. The molecule has 0 fully saturated rings. The fourth-order valence-corrected chi connectivity index (χ4v) is 1.86. The number of hydrogen-bond donors (Lipinski definition) is 1. The van der Waals surface area contributed by atoms with Gasteiger partial charge in [-0.25, -0.2) is 4.98 Å². The van der Waals surface area contributed by atoms with Gasteiger partial charge in [0, 0.05) is 25.9 Å². The summed E-state index contributed by atoms with van der Waals surface area (Å²) in [6.07, 6.45) is 4.70. The van der Waals surface area contributed by atoms with E-state index < -0.39 is 0 Å². The summed E-state index contributed by atoms with van der Waals surface area (Å²) in [6, 6.07) is 8.43. The molecule has 0 amide bonds. The Hall–Kier alpha value is -2.82. The predicted molar refractivity (Wildman–Crippen MR) is 86.6 cm³/mol. The minimum atomic E-state index is -0.134. The second-order valence-electron chi connectivity index (χ2n) is 4.93. The maximum atomic E-state index is 12.1. The van der Waals surface area contributed by atoms with E-state index in [2.05, 4.69) is 4.98 Å². The Kier molecular flexibility index (Phi) is 4.78. The summed E-state index contributed by atoms with van der Waals surface area (Å²) < 4.78 is 5.03. The van der Waals surface area contributed by atoms with E-state index in [1.54, 1.807) is 36.5 Å². The van der Waals surface area contributed by atoms with Gasteiger partial charge in [-0.2, -0.15) is 0 Å². The zero-order valence-corrected chi connectivity index (χ0v) is 12.8. The Morgan fingerprint density at radius 2 is 2.05 bits per heavy atom. The molecular formula is C17H18N2O3. The molecule has 2 aromatic rings. The van der Waals surface area contributed by atoms with Crippen LogP contribution in [0.4, 0.5) is 5.82 Å². The monoisotopic (exact) mass is 298 g/mol. The number of pyridine rings is 1. The third kappa shape index (κ3) is 3.63. The molecule has 0 radical (unpaired) electrons. The van der Waals surface area contributed by atoms with Crippen molar-refractivity contribution in [3.63, 3.8) is 0 Å². The normalized spacial score (nSPS) is 10.7. The molecule has 5 heteroatoms. The van der Waals surface area contributed by atoms with Gasteiger partial charge in [0.2, 0.25) is 0 Å². The largest absolute Gasteiger partial charge is 0.504 e. The number of phenols is 1. The Morgan fingerprint density at radius 1 is 1.27 bits per heavy atom. The van der Waals surface area contributed by atoms with Gasteiger partial charge in [0.05, 0.1) is 7.11 Å². The van der Waals surface area contributed by atoms with Gasteiger partial charge >= 0.3 is 0 Å². The maximum Gasteiger partial charge on any atom is 0.187 e. The molecule has 0 saturated carbocycles. The fourth-order valence-electron chi connectivity index (χ4n) is 1.86. The van der Waals surface area contributed by atoms with E-state index in [4.69, 9.17) is 4.74 Å². The molecule has 0 aliphatic heterocycles. The summed E-state index contributed by atoms with van der Waals surface area (Å²) in [6.45, 7) is 0. The molecule has 2 rings (SSSR count). The van der Waals surface area contributed by atoms with Crippen molar-refractivity contribution in [2.75, 3.05) is 26.1 Å². The van der Waals surface area contributed by atoms with Crippen LogP contribution in [0.1, 0.15) is 15.9 Å². The average molecular weight is 298 g/mol. The molecule has 1 N–H and O–H groups in total. The Bertz CT molecular complexity index is 692. The summed E-state index contributed by atoms with van der Waals surface area (Å²) in [7, 11) is 5.26. The zero-order valence-electron chi connectivity index (χ0n) is 12.8. The molecule has 22 heavy (non-hydrogen) atoms. The van der Waals surface area contributed by atoms with E-state index in [1.165, 1.54) is 19.3 Å². The van der Waals surface area contributed by atoms with E-state index in [9.17, 15) is 9.90 Å². The number of nitrogens with zero attached hydrogens (tertiary/aromatic N) is 2. The van der Waals surface area contributed by atoms with Crippen LogP contribution in [-0.4, -0.2) is 37.1 Å². The van der Waals surface area contributed by atoms with Crippen molar-refractivity contribution in [3.8, 4) is 11.5 Å². The second kappa shape index (κ2) is 6.76. The summed E-state index contributed by atoms with van der Waals surface area (Å²) in [4.78, 5) is 18.2. The number of aromatic nitrogens is 1. The second-order valence-corrected chi connectivity index (χ2v) is 4.93. The number of ether oxygens (including phenoxy) is 1. The van der Waals surface area contributed by atoms with Gasteiger partial charge < -0.3 is 14.7 Å². The van der Waals surface area contributed by atoms with E-state index in [0.717, 1.165) is 11.4 Å². The van der Waals surface area contributed by atoms with Crippen LogP contribution in [0.2, 0.25) is 0 Å². The standard InChI is InChI=1S/C17H18N2O3/c1-19(2)17-9-6-13(11-18-17)14(20)7-4-12-5-8-15(21)16(10-12)22-3/h4-11,21H,1-3H3/b7-4+. The maximum absolute atomic E-state index is 12.1. The molecule has 0 saturated heterocycles. The molecule has 0 bridgehead atoms. The third-order valence-corrected chi connectivity index (χ3v) is 3.12. The van der Waals surface area contributed by atoms with Gasteiger partial charge in [0.15, 0.2) is 17.3 Å². The van der Waals surface area contributed by atoms with Gasteiger partial charge in [-0.3, -0.25) is 4.79 Å². The number of phenolic OH excluding ortho intramolecular Hbond substituents is 1. The third-order valence-electron chi connectivity index (χ3n) is 3.12. The first-order valence-electron chi connectivity index (χ1n) is 6.74. The number of carbonyl (C=O) groups is 1.